The highest BCUT2D eigenvalue weighted by Crippen LogP contribution is 2.34. The second-order valence-corrected chi connectivity index (χ2v) is 11.1. The van der Waals surface area contributed by atoms with Crippen LogP contribution in [-0.2, 0) is 26.1 Å². The van der Waals surface area contributed by atoms with Crippen molar-refractivity contribution in [1.82, 2.24) is 4.98 Å². The molecule has 0 saturated carbocycles. The van der Waals surface area contributed by atoms with Crippen molar-refractivity contribution in [2.45, 2.75) is 31.7 Å². The maximum Gasteiger partial charge on any atom is 0.360 e. The topological polar surface area (TPSA) is 139 Å². The minimum absolute atomic E-state index is 0.00128. The van der Waals surface area contributed by atoms with Gasteiger partial charge in [0.2, 0.25) is 5.91 Å². The number of nitriles is 1. The summed E-state index contributed by atoms with van der Waals surface area (Å²) in [6.45, 7) is 3.62. The van der Waals surface area contributed by atoms with Crippen LogP contribution in [0.5, 0.6) is 5.75 Å². The van der Waals surface area contributed by atoms with Crippen LogP contribution in [0.2, 0.25) is 0 Å². The summed E-state index contributed by atoms with van der Waals surface area (Å²) in [4.78, 5) is 28.0. The zero-order valence-corrected chi connectivity index (χ0v) is 22.4. The first-order valence-corrected chi connectivity index (χ1v) is 13.6. The Morgan fingerprint density at radius 2 is 1.92 bits per heavy atom. The highest BCUT2D eigenvalue weighted by atomic mass is 32.2. The first-order chi connectivity index (χ1) is 18.1. The molecule has 0 aliphatic heterocycles. The van der Waals surface area contributed by atoms with Crippen LogP contribution in [0.15, 0.2) is 52.9 Å². The fraction of sp³-hybridized carbons (Fsp3) is 0.280. The normalized spacial score (nSPS) is 11.1. The van der Waals surface area contributed by atoms with Gasteiger partial charge in [-0.05, 0) is 41.8 Å². The van der Waals surface area contributed by atoms with E-state index in [-0.39, 0.29) is 35.5 Å². The van der Waals surface area contributed by atoms with Gasteiger partial charge in [-0.3, -0.25) is 9.10 Å². The molecule has 1 heterocycles. The van der Waals surface area contributed by atoms with Crippen LogP contribution in [0.25, 0.3) is 0 Å². The number of rotatable bonds is 11. The molecule has 0 aliphatic carbocycles. The van der Waals surface area contributed by atoms with Crippen molar-refractivity contribution in [3.63, 3.8) is 0 Å². The van der Waals surface area contributed by atoms with Crippen LogP contribution in [0, 0.1) is 23.1 Å². The summed E-state index contributed by atoms with van der Waals surface area (Å²) < 4.78 is 53.8. The molecule has 200 valence electrons. The number of methoxy groups -OCH3 is 1. The van der Waals surface area contributed by atoms with Crippen LogP contribution in [0.1, 0.15) is 36.3 Å². The molecule has 38 heavy (non-hydrogen) atoms. The van der Waals surface area contributed by atoms with Crippen LogP contribution < -0.4 is 14.4 Å². The average Bonchev–Trinajstić information content (AvgIpc) is 3.37. The fourth-order valence-corrected chi connectivity index (χ4v) is 5.66. The summed E-state index contributed by atoms with van der Waals surface area (Å²) in [7, 11) is -2.94. The number of sulfonamides is 1. The average molecular weight is 561 g/mol. The Morgan fingerprint density at radius 3 is 2.53 bits per heavy atom. The third-order valence-corrected chi connectivity index (χ3v) is 7.75. The third-order valence-electron chi connectivity index (χ3n) is 5.04. The number of aromatic nitrogens is 1. The number of thiazole rings is 1. The van der Waals surface area contributed by atoms with Gasteiger partial charge in [-0.2, -0.15) is 5.26 Å². The number of hydrogen-bond acceptors (Lipinski definition) is 9. The van der Waals surface area contributed by atoms with Crippen molar-refractivity contribution in [2.75, 3.05) is 23.3 Å². The minimum Gasteiger partial charge on any atom is -0.497 e. The minimum atomic E-state index is -4.44. The highest BCUT2D eigenvalue weighted by Gasteiger charge is 2.32. The number of nitrogens with zero attached hydrogens (tertiary/aromatic N) is 3. The summed E-state index contributed by atoms with van der Waals surface area (Å²) in [6, 6.07) is 11.3. The quantitative estimate of drug-likeness (QED) is 0.342. The van der Waals surface area contributed by atoms with Crippen LogP contribution in [0.3, 0.4) is 0 Å². The van der Waals surface area contributed by atoms with E-state index in [1.165, 1.54) is 12.6 Å². The lowest BCUT2D eigenvalue weighted by Gasteiger charge is -2.24. The summed E-state index contributed by atoms with van der Waals surface area (Å²) in [5.41, 5.74) is 1.42. The number of nitrogens with one attached hydrogen (secondary N) is 1. The molecule has 0 bridgehead atoms. The van der Waals surface area contributed by atoms with E-state index < -0.39 is 39.0 Å². The molecule has 0 fully saturated rings. The number of esters is 1. The van der Waals surface area contributed by atoms with Crippen molar-refractivity contribution in [1.29, 1.82) is 5.26 Å². The molecule has 1 aromatic heterocycles. The number of ether oxygens (including phenoxy) is 2. The largest absolute Gasteiger partial charge is 0.497 e. The Hall–Kier alpha value is -4.02. The van der Waals surface area contributed by atoms with E-state index in [0.29, 0.717) is 11.3 Å². The number of halogens is 1. The molecule has 0 radical (unpaired) electrons. The van der Waals surface area contributed by atoms with Gasteiger partial charge in [-0.15, -0.1) is 11.3 Å². The lowest BCUT2D eigenvalue weighted by molar-refractivity contribution is -0.115. The van der Waals surface area contributed by atoms with Gasteiger partial charge in [0.1, 0.15) is 23.0 Å². The van der Waals surface area contributed by atoms with E-state index in [4.69, 9.17) is 14.7 Å². The second kappa shape index (κ2) is 12.5. The Bertz CT molecular complexity index is 1450. The van der Waals surface area contributed by atoms with Crippen LogP contribution >= 0.6 is 11.3 Å². The predicted octanol–water partition coefficient (Wildman–Crippen LogP) is 4.35. The standard InChI is InChI=1S/C25H25FN4O6S2/c1-16(2)14-36-25(32)23-24(37-15-28-23)30(13-17-4-6-18(35-3)7-5-17)38(33,34)19-8-9-21(20(26)12-19)29-22(31)10-11-27/h4-9,12,15-16H,10,13-14H2,1-3H3,(H,29,31). The lowest BCUT2D eigenvalue weighted by atomic mass is 10.2. The van der Waals surface area contributed by atoms with Crippen molar-refractivity contribution in [2.24, 2.45) is 5.92 Å². The van der Waals surface area contributed by atoms with E-state index >= 15 is 0 Å². The molecule has 0 saturated heterocycles. The SMILES string of the molecule is COc1ccc(CN(c2scnc2C(=O)OCC(C)C)S(=O)(=O)c2ccc(NC(=O)CC#N)c(F)c2)cc1. The van der Waals surface area contributed by atoms with Crippen molar-refractivity contribution < 1.29 is 31.9 Å². The molecule has 1 N–H and O–H groups in total. The molecule has 0 atom stereocenters. The molecule has 1 amide bonds. The second-order valence-electron chi connectivity index (χ2n) is 8.38. The smallest absolute Gasteiger partial charge is 0.360 e. The van der Waals surface area contributed by atoms with Crippen LogP contribution in [-0.4, -0.2) is 39.0 Å². The number of carbonyl (C=O) groups excluding carboxylic acids is 2. The summed E-state index contributed by atoms with van der Waals surface area (Å²) >= 11 is 0.919. The molecule has 2 aromatic carbocycles. The Labute approximate surface area is 223 Å². The fourth-order valence-electron chi connectivity index (χ4n) is 3.18. The maximum absolute atomic E-state index is 14.8. The van der Waals surface area contributed by atoms with Gasteiger partial charge < -0.3 is 14.8 Å². The van der Waals surface area contributed by atoms with Gasteiger partial charge in [-0.25, -0.2) is 22.6 Å². The molecule has 0 unspecified atom stereocenters. The van der Waals surface area contributed by atoms with Crippen molar-refractivity contribution >= 4 is 43.9 Å². The Kier molecular flexibility index (Phi) is 9.38. The summed E-state index contributed by atoms with van der Waals surface area (Å²) in [6.07, 6.45) is -0.490. The first-order valence-electron chi connectivity index (χ1n) is 11.3. The third kappa shape index (κ3) is 6.84. The number of amides is 1. The van der Waals surface area contributed by atoms with E-state index in [0.717, 1.165) is 33.8 Å². The monoisotopic (exact) mass is 560 g/mol. The van der Waals surface area contributed by atoms with Gasteiger partial charge >= 0.3 is 5.97 Å². The zero-order valence-electron chi connectivity index (χ0n) is 20.8. The highest BCUT2D eigenvalue weighted by molar-refractivity contribution is 7.93. The van der Waals surface area contributed by atoms with E-state index in [1.54, 1.807) is 30.3 Å². The molecular formula is C25H25FN4O6S2. The van der Waals surface area contributed by atoms with E-state index in [2.05, 4.69) is 10.3 Å². The Morgan fingerprint density at radius 1 is 1.21 bits per heavy atom. The molecule has 3 aromatic rings. The molecular weight excluding hydrogens is 535 g/mol. The maximum atomic E-state index is 14.8. The van der Waals surface area contributed by atoms with Gasteiger partial charge in [-0.1, -0.05) is 26.0 Å². The molecule has 0 aliphatic rings. The zero-order chi connectivity index (χ0) is 27.9. The predicted molar refractivity (Wildman–Crippen MR) is 139 cm³/mol. The van der Waals surface area contributed by atoms with Crippen molar-refractivity contribution in [3.05, 3.63) is 65.0 Å². The lowest BCUT2D eigenvalue weighted by Crippen LogP contribution is -2.31. The molecule has 10 nitrogen and oxygen atoms in total. The van der Waals surface area contributed by atoms with Crippen molar-refractivity contribution in [3.8, 4) is 11.8 Å². The number of anilines is 2. The Balaban J connectivity index is 2.04. The number of benzene rings is 2. The molecule has 0 spiro atoms. The molecule has 3 rings (SSSR count). The van der Waals surface area contributed by atoms with E-state index in [9.17, 15) is 22.4 Å². The number of hydrogen-bond donors (Lipinski definition) is 1. The molecule has 13 heteroatoms. The van der Waals surface area contributed by atoms with E-state index in [1.807, 2.05) is 13.8 Å². The number of carbonyl (C=O) groups is 2. The van der Waals surface area contributed by atoms with Gasteiger partial charge in [0.25, 0.3) is 10.0 Å². The summed E-state index contributed by atoms with van der Waals surface area (Å²) in [5, 5.41) is 10.8. The van der Waals surface area contributed by atoms with Gasteiger partial charge in [0.05, 0.1) is 42.4 Å². The van der Waals surface area contributed by atoms with Gasteiger partial charge in [0, 0.05) is 0 Å². The summed E-state index contributed by atoms with van der Waals surface area (Å²) in [5.74, 6) is -1.92. The van der Waals surface area contributed by atoms with Crippen LogP contribution in [0.4, 0.5) is 15.1 Å². The van der Waals surface area contributed by atoms with Gasteiger partial charge in [0.15, 0.2) is 5.69 Å². The first kappa shape index (κ1) is 28.5.